The van der Waals surface area contributed by atoms with E-state index < -0.39 is 17.9 Å². The summed E-state index contributed by atoms with van der Waals surface area (Å²) in [6.45, 7) is 1.95. The smallest absolute Gasteiger partial charge is 0.266 e. The maximum Gasteiger partial charge on any atom is 0.266 e. The third-order valence-electron chi connectivity index (χ3n) is 3.05. The van der Waals surface area contributed by atoms with Gasteiger partial charge >= 0.3 is 0 Å². The predicted molar refractivity (Wildman–Crippen MR) is 82.0 cm³/mol. The molecule has 1 amide bonds. The number of carboxylic acid groups (broad SMARTS) is 1. The molecule has 0 aromatic carbocycles. The van der Waals surface area contributed by atoms with Crippen molar-refractivity contribution >= 4 is 46.3 Å². The van der Waals surface area contributed by atoms with Crippen molar-refractivity contribution in [1.29, 1.82) is 0 Å². The van der Waals surface area contributed by atoms with Gasteiger partial charge in [-0.25, -0.2) is 0 Å². The van der Waals surface area contributed by atoms with Gasteiger partial charge in [0, 0.05) is 6.08 Å². The van der Waals surface area contributed by atoms with E-state index in [0.29, 0.717) is 23.5 Å². The predicted octanol–water partition coefficient (Wildman–Crippen LogP) is 1.79. The van der Waals surface area contributed by atoms with E-state index in [1.807, 2.05) is 6.92 Å². The highest BCUT2D eigenvalue weighted by Gasteiger charge is 2.37. The van der Waals surface area contributed by atoms with E-state index in [2.05, 4.69) is 0 Å². The van der Waals surface area contributed by atoms with Gasteiger partial charge in [-0.1, -0.05) is 43.7 Å². The van der Waals surface area contributed by atoms with Crippen molar-refractivity contribution < 1.29 is 19.1 Å². The van der Waals surface area contributed by atoms with Crippen LogP contribution in [-0.4, -0.2) is 27.1 Å². The van der Waals surface area contributed by atoms with Gasteiger partial charge < -0.3 is 14.3 Å². The lowest BCUT2D eigenvalue weighted by Gasteiger charge is -2.27. The molecule has 2 heterocycles. The van der Waals surface area contributed by atoms with Crippen molar-refractivity contribution in [3.63, 3.8) is 0 Å². The Bertz CT molecular complexity index is 580. The second kappa shape index (κ2) is 6.91. The van der Waals surface area contributed by atoms with Gasteiger partial charge in [-0.2, -0.15) is 0 Å². The van der Waals surface area contributed by atoms with Crippen LogP contribution in [0.1, 0.15) is 31.9 Å². The van der Waals surface area contributed by atoms with E-state index >= 15 is 0 Å². The molecule has 1 fully saturated rings. The van der Waals surface area contributed by atoms with Crippen LogP contribution in [-0.2, 0) is 9.59 Å². The molecule has 1 aliphatic heterocycles. The minimum absolute atomic E-state index is 0.239. The number of aliphatic carboxylic acids is 1. The fourth-order valence-corrected chi connectivity index (χ4v) is 3.34. The van der Waals surface area contributed by atoms with Crippen LogP contribution in [0.2, 0.25) is 0 Å². The summed E-state index contributed by atoms with van der Waals surface area (Å²) in [5.74, 6) is -1.17. The van der Waals surface area contributed by atoms with Gasteiger partial charge in [0.15, 0.2) is 0 Å². The quantitative estimate of drug-likeness (QED) is 0.587. The molecule has 5 nitrogen and oxygen atoms in total. The zero-order chi connectivity index (χ0) is 15.4. The van der Waals surface area contributed by atoms with E-state index in [9.17, 15) is 14.7 Å². The monoisotopic (exact) mass is 324 g/mol. The average Bonchev–Trinajstić information content (AvgIpc) is 3.02. The molecule has 7 heteroatoms. The maximum absolute atomic E-state index is 12.4. The SMILES string of the molecule is CCCC[C@H](C(=O)[O-])N1C(=O)/C(=C\c2ccco2)SC1=S. The molecule has 1 saturated heterocycles. The van der Waals surface area contributed by atoms with Gasteiger partial charge in [0.05, 0.1) is 23.2 Å². The van der Waals surface area contributed by atoms with E-state index in [-0.39, 0.29) is 4.32 Å². The molecule has 0 spiro atoms. The van der Waals surface area contributed by atoms with Gasteiger partial charge in [-0.05, 0) is 18.6 Å². The highest BCUT2D eigenvalue weighted by atomic mass is 32.2. The first-order valence-electron chi connectivity index (χ1n) is 6.56. The Morgan fingerprint density at radius 1 is 1.62 bits per heavy atom. The summed E-state index contributed by atoms with van der Waals surface area (Å²) < 4.78 is 5.39. The number of carboxylic acids is 1. The van der Waals surface area contributed by atoms with Crippen LogP contribution in [0, 0.1) is 0 Å². The summed E-state index contributed by atoms with van der Waals surface area (Å²) in [6, 6.07) is 2.40. The number of amides is 1. The lowest BCUT2D eigenvalue weighted by molar-refractivity contribution is -0.310. The lowest BCUT2D eigenvalue weighted by atomic mass is 10.1. The van der Waals surface area contributed by atoms with Gasteiger partial charge in [-0.15, -0.1) is 0 Å². The number of thiocarbonyl (C=S) groups is 1. The van der Waals surface area contributed by atoms with Gasteiger partial charge in [-0.3, -0.25) is 9.69 Å². The molecule has 1 aliphatic rings. The molecule has 1 aromatic heterocycles. The van der Waals surface area contributed by atoms with E-state index in [1.54, 1.807) is 18.2 Å². The lowest BCUT2D eigenvalue weighted by Crippen LogP contribution is -2.49. The summed E-state index contributed by atoms with van der Waals surface area (Å²) in [6.07, 6.45) is 4.91. The zero-order valence-electron chi connectivity index (χ0n) is 11.4. The first-order valence-corrected chi connectivity index (χ1v) is 7.78. The van der Waals surface area contributed by atoms with Crippen molar-refractivity contribution in [2.24, 2.45) is 0 Å². The molecular weight excluding hydrogens is 310 g/mol. The fourth-order valence-electron chi connectivity index (χ4n) is 2.00. The van der Waals surface area contributed by atoms with Crippen molar-refractivity contribution in [2.75, 3.05) is 0 Å². The summed E-state index contributed by atoms with van der Waals surface area (Å²) >= 11 is 6.22. The minimum atomic E-state index is -1.28. The molecule has 0 bridgehead atoms. The summed E-state index contributed by atoms with van der Waals surface area (Å²) in [5.41, 5.74) is 0. The van der Waals surface area contributed by atoms with Crippen LogP contribution < -0.4 is 5.11 Å². The normalized spacial score (nSPS) is 18.5. The number of nitrogens with zero attached hydrogens (tertiary/aromatic N) is 1. The number of unbranched alkanes of at least 4 members (excludes halogenated alkanes) is 1. The van der Waals surface area contributed by atoms with Crippen LogP contribution >= 0.6 is 24.0 Å². The molecule has 0 radical (unpaired) electrons. The molecule has 1 aromatic rings. The third-order valence-corrected chi connectivity index (χ3v) is 4.39. The van der Waals surface area contributed by atoms with Gasteiger partial charge in [0.25, 0.3) is 5.91 Å². The molecule has 0 saturated carbocycles. The Hall–Kier alpha value is -1.60. The number of carbonyl (C=O) groups excluding carboxylic acids is 2. The van der Waals surface area contributed by atoms with Crippen molar-refractivity contribution in [3.8, 4) is 0 Å². The van der Waals surface area contributed by atoms with Gasteiger partial charge in [0.1, 0.15) is 10.1 Å². The van der Waals surface area contributed by atoms with Gasteiger partial charge in [0.2, 0.25) is 0 Å². The molecule has 0 unspecified atom stereocenters. The van der Waals surface area contributed by atoms with E-state index in [4.69, 9.17) is 16.6 Å². The molecule has 112 valence electrons. The third kappa shape index (κ3) is 3.54. The summed E-state index contributed by atoms with van der Waals surface area (Å²) in [5, 5.41) is 11.3. The zero-order valence-corrected chi connectivity index (χ0v) is 13.0. The minimum Gasteiger partial charge on any atom is -0.548 e. The number of carbonyl (C=O) groups is 2. The standard InChI is InChI=1S/C14H15NO4S2/c1-2-3-6-10(13(17)18)15-12(16)11(21-14(15)20)8-9-5-4-7-19-9/h4-5,7-8,10H,2-3,6H2,1H3,(H,17,18)/p-1/b11-8+/t10-/m1/s1. The van der Waals surface area contributed by atoms with Crippen molar-refractivity contribution in [2.45, 2.75) is 32.2 Å². The maximum atomic E-state index is 12.4. The summed E-state index contributed by atoms with van der Waals surface area (Å²) in [7, 11) is 0. The Labute approximate surface area is 132 Å². The Kier molecular flexibility index (Phi) is 5.19. The highest BCUT2D eigenvalue weighted by molar-refractivity contribution is 8.26. The van der Waals surface area contributed by atoms with Crippen LogP contribution in [0.25, 0.3) is 6.08 Å². The van der Waals surface area contributed by atoms with E-state index in [1.165, 1.54) is 6.26 Å². The molecule has 1 atom stereocenters. The fraction of sp³-hybridized carbons (Fsp3) is 0.357. The number of hydrogen-bond donors (Lipinski definition) is 0. The molecular formula is C14H14NO4S2-. The van der Waals surface area contributed by atoms with E-state index in [0.717, 1.165) is 23.1 Å². The molecule has 0 N–H and O–H groups in total. The largest absolute Gasteiger partial charge is 0.548 e. The topological polar surface area (TPSA) is 73.6 Å². The van der Waals surface area contributed by atoms with Crippen LogP contribution in [0.15, 0.2) is 27.7 Å². The number of hydrogen-bond acceptors (Lipinski definition) is 6. The molecule has 21 heavy (non-hydrogen) atoms. The highest BCUT2D eigenvalue weighted by Crippen LogP contribution is 2.34. The summed E-state index contributed by atoms with van der Waals surface area (Å²) in [4.78, 5) is 25.2. The average molecular weight is 324 g/mol. The second-order valence-electron chi connectivity index (χ2n) is 4.54. The Morgan fingerprint density at radius 2 is 2.38 bits per heavy atom. The van der Waals surface area contributed by atoms with Crippen molar-refractivity contribution in [3.05, 3.63) is 29.1 Å². The molecule has 0 aliphatic carbocycles. The van der Waals surface area contributed by atoms with Crippen LogP contribution in [0.5, 0.6) is 0 Å². The Morgan fingerprint density at radius 3 is 2.95 bits per heavy atom. The first kappa shape index (κ1) is 15.8. The van der Waals surface area contributed by atoms with Crippen LogP contribution in [0.4, 0.5) is 0 Å². The number of thioether (sulfide) groups is 1. The van der Waals surface area contributed by atoms with Crippen LogP contribution in [0.3, 0.4) is 0 Å². The Balaban J connectivity index is 2.22. The molecule has 2 rings (SSSR count). The number of furan rings is 1. The first-order chi connectivity index (χ1) is 10.0. The van der Waals surface area contributed by atoms with Crippen molar-refractivity contribution in [1.82, 2.24) is 4.90 Å². The number of rotatable bonds is 6. The second-order valence-corrected chi connectivity index (χ2v) is 6.22.